The largest absolute Gasteiger partial charge is 0.497 e. The molecule has 0 bridgehead atoms. The average Bonchev–Trinajstić information content (AvgIpc) is 3.21. The zero-order valence-electron chi connectivity index (χ0n) is 14.0. The molecule has 7 nitrogen and oxygen atoms in total. The third kappa shape index (κ3) is 2.86. The van der Waals surface area contributed by atoms with Crippen LogP contribution in [0.5, 0.6) is 5.75 Å². The molecule has 0 fully saturated rings. The number of rotatable bonds is 4. The minimum absolute atomic E-state index is 0.401. The summed E-state index contributed by atoms with van der Waals surface area (Å²) in [6.07, 6.45) is 0.401. The maximum atomic E-state index is 11.6. The minimum atomic E-state index is -0.417. The van der Waals surface area contributed by atoms with E-state index in [1.165, 1.54) is 4.57 Å². The summed E-state index contributed by atoms with van der Waals surface area (Å²) in [5, 5.41) is 4.57. The van der Waals surface area contributed by atoms with Crippen LogP contribution in [0, 0.1) is 0 Å². The number of aryl methyl sites for hydroxylation is 1. The number of hydrogen-bond donors (Lipinski definition) is 0. The van der Waals surface area contributed by atoms with Crippen LogP contribution in [0.1, 0.15) is 11.5 Å². The molecule has 4 rings (SSSR count). The fraction of sp³-hybridized carbons (Fsp3) is 0.167. The zero-order valence-corrected chi connectivity index (χ0v) is 14.8. The number of aromatic nitrogens is 3. The third-order valence-corrected chi connectivity index (χ3v) is 4.47. The zero-order chi connectivity index (χ0) is 18.3. The van der Waals surface area contributed by atoms with Gasteiger partial charge in [0.25, 0.3) is 0 Å². The minimum Gasteiger partial charge on any atom is -0.497 e. The van der Waals surface area contributed by atoms with Crippen LogP contribution in [0.3, 0.4) is 0 Å². The van der Waals surface area contributed by atoms with E-state index >= 15 is 0 Å². The van der Waals surface area contributed by atoms with Gasteiger partial charge in [-0.15, -0.1) is 0 Å². The topological polar surface area (TPSA) is 83.3 Å². The highest BCUT2D eigenvalue weighted by molar-refractivity contribution is 6.31. The van der Waals surface area contributed by atoms with Crippen LogP contribution in [-0.2, 0) is 13.5 Å². The van der Waals surface area contributed by atoms with Crippen LogP contribution in [0.4, 0.5) is 0 Å². The predicted molar refractivity (Wildman–Crippen MR) is 95.6 cm³/mol. The van der Waals surface area contributed by atoms with Gasteiger partial charge < -0.3 is 13.7 Å². The molecule has 0 saturated heterocycles. The molecule has 0 aliphatic rings. The van der Waals surface area contributed by atoms with Gasteiger partial charge in [0, 0.05) is 17.6 Å². The highest BCUT2D eigenvalue weighted by Gasteiger charge is 2.14. The van der Waals surface area contributed by atoms with E-state index in [4.69, 9.17) is 25.3 Å². The van der Waals surface area contributed by atoms with Gasteiger partial charge in [0.05, 0.1) is 19.0 Å². The first-order valence-corrected chi connectivity index (χ1v) is 8.18. The summed E-state index contributed by atoms with van der Waals surface area (Å²) in [5.41, 5.74) is 2.72. The molecule has 2 aromatic heterocycles. The third-order valence-electron chi connectivity index (χ3n) is 4.12. The lowest BCUT2D eigenvalue weighted by Crippen LogP contribution is -2.08. The van der Waals surface area contributed by atoms with Gasteiger partial charge in [-0.25, -0.2) is 4.79 Å². The fourth-order valence-electron chi connectivity index (χ4n) is 2.68. The molecule has 0 radical (unpaired) electrons. The van der Waals surface area contributed by atoms with Crippen molar-refractivity contribution in [1.82, 2.24) is 14.7 Å². The maximum Gasteiger partial charge on any atom is 0.419 e. The number of fused-ring (bicyclic) bond motifs is 1. The first-order chi connectivity index (χ1) is 12.5. The van der Waals surface area contributed by atoms with E-state index in [1.807, 2.05) is 18.2 Å². The number of nitrogens with zero attached hydrogens (tertiary/aromatic N) is 3. The Morgan fingerprint density at radius 1 is 1.23 bits per heavy atom. The number of oxazole rings is 1. The molecule has 132 valence electrons. The summed E-state index contributed by atoms with van der Waals surface area (Å²) in [6, 6.07) is 10.7. The van der Waals surface area contributed by atoms with Crippen LogP contribution in [0.15, 0.2) is 50.1 Å². The molecule has 2 aromatic carbocycles. The first-order valence-electron chi connectivity index (χ1n) is 7.80. The van der Waals surface area contributed by atoms with Crippen molar-refractivity contribution in [3.63, 3.8) is 0 Å². The van der Waals surface area contributed by atoms with Gasteiger partial charge in [0.15, 0.2) is 5.58 Å². The second-order valence-electron chi connectivity index (χ2n) is 5.76. The Hall–Kier alpha value is -3.06. The van der Waals surface area contributed by atoms with Crippen molar-refractivity contribution in [2.24, 2.45) is 7.05 Å². The Morgan fingerprint density at radius 2 is 2.08 bits per heavy atom. The predicted octanol–water partition coefficient (Wildman–Crippen LogP) is 3.43. The van der Waals surface area contributed by atoms with Crippen LogP contribution < -0.4 is 10.5 Å². The maximum absolute atomic E-state index is 11.6. The molecule has 2 heterocycles. The summed E-state index contributed by atoms with van der Waals surface area (Å²) < 4.78 is 17.1. The standard InChI is InChI=1S/C18H14ClN3O4/c1-22-14-6-4-11(7-15(14)25-18(22)23)17-20-16(26-21-17)8-10-3-5-12(24-2)9-13(10)19/h3-7,9H,8H2,1-2H3. The molecule has 0 aliphatic heterocycles. The summed E-state index contributed by atoms with van der Waals surface area (Å²) in [5.74, 6) is 1.11. The number of methoxy groups -OCH3 is 1. The number of hydrogen-bond acceptors (Lipinski definition) is 6. The van der Waals surface area contributed by atoms with E-state index < -0.39 is 5.76 Å². The van der Waals surface area contributed by atoms with Crippen LogP contribution in [0.2, 0.25) is 5.02 Å². The highest BCUT2D eigenvalue weighted by Crippen LogP contribution is 2.26. The second-order valence-corrected chi connectivity index (χ2v) is 6.16. The van der Waals surface area contributed by atoms with Crippen molar-refractivity contribution in [1.29, 1.82) is 0 Å². The molecule has 4 aromatic rings. The van der Waals surface area contributed by atoms with Gasteiger partial charge in [-0.2, -0.15) is 4.98 Å². The molecule has 0 amide bonds. The van der Waals surface area contributed by atoms with Gasteiger partial charge >= 0.3 is 5.76 Å². The van der Waals surface area contributed by atoms with Crippen molar-refractivity contribution in [2.75, 3.05) is 7.11 Å². The quantitative estimate of drug-likeness (QED) is 0.546. The van der Waals surface area contributed by atoms with Gasteiger partial charge in [-0.3, -0.25) is 4.57 Å². The Morgan fingerprint density at radius 3 is 2.85 bits per heavy atom. The van der Waals surface area contributed by atoms with Crippen molar-refractivity contribution in [2.45, 2.75) is 6.42 Å². The lowest BCUT2D eigenvalue weighted by atomic mass is 10.1. The molecular weight excluding hydrogens is 358 g/mol. The van der Waals surface area contributed by atoms with E-state index in [1.54, 1.807) is 32.4 Å². The van der Waals surface area contributed by atoms with Crippen LogP contribution in [-0.4, -0.2) is 21.8 Å². The summed E-state index contributed by atoms with van der Waals surface area (Å²) in [4.78, 5) is 16.0. The molecule has 26 heavy (non-hydrogen) atoms. The Balaban J connectivity index is 1.63. The van der Waals surface area contributed by atoms with Crippen molar-refractivity contribution < 1.29 is 13.7 Å². The lowest BCUT2D eigenvalue weighted by molar-refractivity contribution is 0.385. The summed E-state index contributed by atoms with van der Waals surface area (Å²) >= 11 is 6.25. The van der Waals surface area contributed by atoms with Crippen molar-refractivity contribution in [3.8, 4) is 17.1 Å². The first kappa shape index (κ1) is 16.4. The molecule has 0 unspecified atom stereocenters. The van der Waals surface area contributed by atoms with E-state index in [2.05, 4.69) is 10.1 Å². The Kier molecular flexibility index (Phi) is 4.00. The lowest BCUT2D eigenvalue weighted by Gasteiger charge is -2.04. The van der Waals surface area contributed by atoms with E-state index in [9.17, 15) is 4.79 Å². The van der Waals surface area contributed by atoms with Crippen molar-refractivity contribution >= 4 is 22.7 Å². The normalized spacial score (nSPS) is 11.2. The van der Waals surface area contributed by atoms with Gasteiger partial charge in [-0.1, -0.05) is 22.8 Å². The molecular formula is C18H14ClN3O4. The Labute approximate surface area is 152 Å². The van der Waals surface area contributed by atoms with Gasteiger partial charge in [0.2, 0.25) is 11.7 Å². The molecule has 0 spiro atoms. The van der Waals surface area contributed by atoms with E-state index in [0.29, 0.717) is 45.6 Å². The van der Waals surface area contributed by atoms with Crippen LogP contribution >= 0.6 is 11.6 Å². The summed E-state index contributed by atoms with van der Waals surface area (Å²) in [6.45, 7) is 0. The molecule has 0 saturated carbocycles. The molecule has 0 N–H and O–H groups in total. The average molecular weight is 372 g/mol. The number of benzene rings is 2. The van der Waals surface area contributed by atoms with Gasteiger partial charge in [0.1, 0.15) is 5.75 Å². The number of halogens is 1. The Bertz CT molecular complexity index is 1160. The smallest absolute Gasteiger partial charge is 0.419 e. The SMILES string of the molecule is COc1ccc(Cc2nc(-c3ccc4c(c3)oc(=O)n4C)no2)c(Cl)c1. The summed E-state index contributed by atoms with van der Waals surface area (Å²) in [7, 11) is 3.24. The molecule has 0 atom stereocenters. The monoisotopic (exact) mass is 371 g/mol. The van der Waals surface area contributed by atoms with E-state index in [0.717, 1.165) is 5.56 Å². The van der Waals surface area contributed by atoms with Gasteiger partial charge in [-0.05, 0) is 35.9 Å². The van der Waals surface area contributed by atoms with Crippen LogP contribution in [0.25, 0.3) is 22.5 Å². The fourth-order valence-corrected chi connectivity index (χ4v) is 2.92. The molecule has 8 heteroatoms. The second kappa shape index (κ2) is 6.34. The van der Waals surface area contributed by atoms with Crippen molar-refractivity contribution in [3.05, 3.63) is 63.4 Å². The molecule has 0 aliphatic carbocycles. The van der Waals surface area contributed by atoms with E-state index in [-0.39, 0.29) is 0 Å². The highest BCUT2D eigenvalue weighted by atomic mass is 35.5. The number of ether oxygens (including phenoxy) is 1.